The predicted octanol–water partition coefficient (Wildman–Crippen LogP) is 2.29. The first-order chi connectivity index (χ1) is 17.4. The average molecular weight is 498 g/mol. The van der Waals surface area contributed by atoms with Crippen LogP contribution in [0, 0.1) is 11.8 Å². The number of ether oxygens (including phenoxy) is 1. The van der Waals surface area contributed by atoms with Crippen LogP contribution in [0.25, 0.3) is 0 Å². The van der Waals surface area contributed by atoms with Gasteiger partial charge in [-0.25, -0.2) is 0 Å². The van der Waals surface area contributed by atoms with Gasteiger partial charge >= 0.3 is 0 Å². The number of carbonyl (C=O) groups excluding carboxylic acids is 3. The fraction of sp³-hybridized carbons (Fsp3) is 0.679. The summed E-state index contributed by atoms with van der Waals surface area (Å²) in [5, 5.41) is 15.6. The summed E-state index contributed by atoms with van der Waals surface area (Å²) in [4.78, 5) is 42.9. The number of aliphatic hydroxyl groups is 1. The number of unbranched alkanes of at least 4 members (excludes halogenated alkanes) is 1. The van der Waals surface area contributed by atoms with E-state index in [-0.39, 0.29) is 30.4 Å². The number of rotatable bonds is 9. The van der Waals surface area contributed by atoms with Gasteiger partial charge < -0.3 is 25.4 Å². The normalized spacial score (nSPS) is 33.6. The number of carbonyl (C=O) groups is 3. The van der Waals surface area contributed by atoms with E-state index in [1.54, 1.807) is 4.90 Å². The van der Waals surface area contributed by atoms with Gasteiger partial charge in [0.25, 0.3) is 0 Å². The Morgan fingerprint density at radius 2 is 1.83 bits per heavy atom. The lowest BCUT2D eigenvalue weighted by Crippen LogP contribution is -2.57. The third-order valence-electron chi connectivity index (χ3n) is 8.88. The van der Waals surface area contributed by atoms with Crippen LogP contribution in [0.2, 0.25) is 0 Å². The van der Waals surface area contributed by atoms with Crippen molar-refractivity contribution in [2.75, 3.05) is 13.2 Å². The largest absolute Gasteiger partial charge is 0.396 e. The molecule has 2 bridgehead atoms. The van der Waals surface area contributed by atoms with Crippen LogP contribution in [0.4, 0.5) is 0 Å². The van der Waals surface area contributed by atoms with Gasteiger partial charge in [-0.05, 0) is 51.0 Å². The molecule has 8 heteroatoms. The molecule has 2 unspecified atom stereocenters. The van der Waals surface area contributed by atoms with E-state index in [1.807, 2.05) is 37.3 Å². The zero-order chi connectivity index (χ0) is 25.3. The molecule has 8 nitrogen and oxygen atoms in total. The minimum Gasteiger partial charge on any atom is -0.396 e. The molecule has 0 aromatic heterocycles. The van der Waals surface area contributed by atoms with Crippen molar-refractivity contribution in [2.45, 2.75) is 94.5 Å². The van der Waals surface area contributed by atoms with Crippen molar-refractivity contribution in [3.63, 3.8) is 0 Å². The molecule has 1 aromatic carbocycles. The molecule has 3 aliphatic heterocycles. The van der Waals surface area contributed by atoms with Crippen molar-refractivity contribution >= 4 is 17.7 Å². The molecule has 36 heavy (non-hydrogen) atoms. The predicted molar refractivity (Wildman–Crippen MR) is 134 cm³/mol. The number of hydrogen-bond donors (Lipinski definition) is 3. The summed E-state index contributed by atoms with van der Waals surface area (Å²) in [6, 6.07) is 9.07. The Labute approximate surface area is 213 Å². The average Bonchev–Trinajstić information content (AvgIpc) is 3.45. The maximum Gasteiger partial charge on any atom is 0.246 e. The molecule has 3 heterocycles. The second kappa shape index (κ2) is 10.1. The molecule has 1 aliphatic carbocycles. The number of nitrogens with zero attached hydrogens (tertiary/aromatic N) is 1. The number of fused-ring (bicyclic) bond motifs is 1. The standard InChI is InChI=1S/C28H39N3O5/c1-27-14-15-28(36-27)22(21(27)24(33)29-18-19-10-4-2-5-11-19)26(35)31(16-8-9-17-32)23(28)25(34)30-20-12-6-3-7-13-20/h2,4-5,10-11,20-23,32H,3,6-9,12-18H2,1H3,(H,29,33)(H,30,34)/t21-,22+,23?,27+,28?/m1/s1. The highest BCUT2D eigenvalue weighted by molar-refractivity contribution is 5.99. The molecular weight excluding hydrogens is 458 g/mol. The summed E-state index contributed by atoms with van der Waals surface area (Å²) < 4.78 is 6.65. The van der Waals surface area contributed by atoms with Gasteiger partial charge in [-0.1, -0.05) is 49.6 Å². The highest BCUT2D eigenvalue weighted by Gasteiger charge is 2.77. The Bertz CT molecular complexity index is 981. The highest BCUT2D eigenvalue weighted by atomic mass is 16.5. The van der Waals surface area contributed by atoms with Crippen molar-refractivity contribution < 1.29 is 24.2 Å². The van der Waals surface area contributed by atoms with E-state index in [2.05, 4.69) is 10.6 Å². The SMILES string of the molecule is C[C@@]12CCC3(O1)C(C(=O)NC1CCCCC1)N(CCCCO)C(=O)[C@@H]3[C@@H]2C(=O)NCc1ccccc1. The Kier molecular flexibility index (Phi) is 7.10. The van der Waals surface area contributed by atoms with E-state index in [0.717, 1.165) is 31.2 Å². The van der Waals surface area contributed by atoms with Crippen LogP contribution in [0.5, 0.6) is 0 Å². The van der Waals surface area contributed by atoms with Gasteiger partial charge in [-0.15, -0.1) is 0 Å². The van der Waals surface area contributed by atoms with Crippen LogP contribution < -0.4 is 10.6 Å². The molecule has 5 rings (SSSR count). The summed E-state index contributed by atoms with van der Waals surface area (Å²) in [5.74, 6) is -1.83. The Morgan fingerprint density at radius 1 is 1.08 bits per heavy atom. The van der Waals surface area contributed by atoms with Crippen molar-refractivity contribution in [1.82, 2.24) is 15.5 Å². The Morgan fingerprint density at radius 3 is 2.56 bits per heavy atom. The monoisotopic (exact) mass is 497 g/mol. The van der Waals surface area contributed by atoms with Crippen LogP contribution >= 0.6 is 0 Å². The maximum absolute atomic E-state index is 13.9. The smallest absolute Gasteiger partial charge is 0.246 e. The Balaban J connectivity index is 1.40. The fourth-order valence-corrected chi connectivity index (χ4v) is 7.18. The summed E-state index contributed by atoms with van der Waals surface area (Å²) in [7, 11) is 0. The molecule has 4 fully saturated rings. The van der Waals surface area contributed by atoms with Crippen molar-refractivity contribution in [3.05, 3.63) is 35.9 Å². The summed E-state index contributed by atoms with van der Waals surface area (Å²) >= 11 is 0. The topological polar surface area (TPSA) is 108 Å². The second-order valence-electron chi connectivity index (χ2n) is 11.2. The molecule has 1 saturated carbocycles. The van der Waals surface area contributed by atoms with Gasteiger partial charge in [-0.3, -0.25) is 14.4 Å². The lowest BCUT2D eigenvalue weighted by atomic mass is 9.66. The van der Waals surface area contributed by atoms with Gasteiger partial charge in [0.2, 0.25) is 17.7 Å². The zero-order valence-corrected chi connectivity index (χ0v) is 21.2. The third-order valence-corrected chi connectivity index (χ3v) is 8.88. The minimum absolute atomic E-state index is 0.0363. The lowest BCUT2D eigenvalue weighted by molar-refractivity contribution is -0.146. The third kappa shape index (κ3) is 4.32. The molecule has 3 saturated heterocycles. The van der Waals surface area contributed by atoms with Crippen molar-refractivity contribution in [2.24, 2.45) is 11.8 Å². The van der Waals surface area contributed by atoms with Crippen LogP contribution in [0.15, 0.2) is 30.3 Å². The molecule has 5 atom stereocenters. The van der Waals surface area contributed by atoms with Crippen LogP contribution in [0.1, 0.15) is 70.3 Å². The lowest BCUT2D eigenvalue weighted by Gasteiger charge is -2.35. The van der Waals surface area contributed by atoms with Gasteiger partial charge in [0, 0.05) is 25.7 Å². The molecule has 1 aromatic rings. The first-order valence-electron chi connectivity index (χ1n) is 13.6. The van der Waals surface area contributed by atoms with Crippen molar-refractivity contribution in [1.29, 1.82) is 0 Å². The minimum atomic E-state index is -0.988. The molecular formula is C28H39N3O5. The first kappa shape index (κ1) is 25.2. The fourth-order valence-electron chi connectivity index (χ4n) is 7.18. The first-order valence-corrected chi connectivity index (χ1v) is 13.6. The summed E-state index contributed by atoms with van der Waals surface area (Å²) in [6.45, 7) is 2.71. The quantitative estimate of drug-likeness (QED) is 0.454. The van der Waals surface area contributed by atoms with E-state index in [9.17, 15) is 19.5 Å². The van der Waals surface area contributed by atoms with Gasteiger partial charge in [0.15, 0.2) is 0 Å². The number of nitrogens with one attached hydrogen (secondary N) is 2. The van der Waals surface area contributed by atoms with E-state index in [4.69, 9.17) is 4.74 Å². The van der Waals surface area contributed by atoms with Crippen LogP contribution in [-0.2, 0) is 25.7 Å². The van der Waals surface area contributed by atoms with Gasteiger partial charge in [0.1, 0.15) is 11.6 Å². The maximum atomic E-state index is 13.9. The number of likely N-dealkylation sites (tertiary alicyclic amines) is 1. The zero-order valence-electron chi connectivity index (χ0n) is 21.2. The van der Waals surface area contributed by atoms with Crippen LogP contribution in [-0.4, -0.2) is 64.2 Å². The molecule has 196 valence electrons. The van der Waals surface area contributed by atoms with Crippen molar-refractivity contribution in [3.8, 4) is 0 Å². The molecule has 0 radical (unpaired) electrons. The second-order valence-corrected chi connectivity index (χ2v) is 11.2. The molecule has 3 amide bonds. The van der Waals surface area contributed by atoms with Gasteiger partial charge in [0.05, 0.1) is 17.4 Å². The van der Waals surface area contributed by atoms with E-state index < -0.39 is 29.1 Å². The summed E-state index contributed by atoms with van der Waals surface area (Å²) in [6.07, 6.45) is 7.67. The highest BCUT2D eigenvalue weighted by Crippen LogP contribution is 2.63. The molecule has 3 N–H and O–H groups in total. The van der Waals surface area contributed by atoms with E-state index >= 15 is 0 Å². The summed E-state index contributed by atoms with van der Waals surface area (Å²) in [5.41, 5.74) is -0.775. The molecule has 4 aliphatic rings. The number of amides is 3. The van der Waals surface area contributed by atoms with Crippen LogP contribution in [0.3, 0.4) is 0 Å². The van der Waals surface area contributed by atoms with E-state index in [1.165, 1.54) is 6.42 Å². The van der Waals surface area contributed by atoms with E-state index in [0.29, 0.717) is 38.8 Å². The molecule has 1 spiro atoms. The number of benzene rings is 1. The van der Waals surface area contributed by atoms with Gasteiger partial charge in [-0.2, -0.15) is 0 Å². The number of aliphatic hydroxyl groups excluding tert-OH is 1. The number of hydrogen-bond acceptors (Lipinski definition) is 5. The Hall–Kier alpha value is -2.45.